The minimum atomic E-state index is -0.941. The second kappa shape index (κ2) is 11.0. The molecule has 8 nitrogen and oxygen atoms in total. The summed E-state index contributed by atoms with van der Waals surface area (Å²) in [6, 6.07) is 18.5. The lowest BCUT2D eigenvalue weighted by atomic mass is 10.2. The van der Waals surface area contributed by atoms with E-state index >= 15 is 0 Å². The van der Waals surface area contributed by atoms with E-state index in [0.29, 0.717) is 32.4 Å². The van der Waals surface area contributed by atoms with Crippen molar-refractivity contribution in [2.45, 2.75) is 6.54 Å². The van der Waals surface area contributed by atoms with Crippen LogP contribution in [0.3, 0.4) is 0 Å². The van der Waals surface area contributed by atoms with Crippen LogP contribution in [0.5, 0.6) is 5.75 Å². The molecule has 0 spiro atoms. The van der Waals surface area contributed by atoms with Gasteiger partial charge in [-0.3, -0.25) is 19.8 Å². The van der Waals surface area contributed by atoms with E-state index in [0.717, 1.165) is 10.0 Å². The van der Waals surface area contributed by atoms with Crippen LogP contribution in [0.2, 0.25) is 10.0 Å². The fourth-order valence-corrected chi connectivity index (χ4v) is 4.36. The van der Waals surface area contributed by atoms with E-state index in [-0.39, 0.29) is 12.2 Å². The molecule has 0 aliphatic heterocycles. The third kappa shape index (κ3) is 5.99. The monoisotopic (exact) mass is 588 g/mol. The lowest BCUT2D eigenvalue weighted by Crippen LogP contribution is -2.39. The summed E-state index contributed by atoms with van der Waals surface area (Å²) in [5, 5.41) is 6.64. The van der Waals surface area contributed by atoms with Crippen molar-refractivity contribution in [1.29, 1.82) is 0 Å². The molecule has 4 rings (SSSR count). The highest BCUT2D eigenvalue weighted by atomic mass is 79.9. The molecule has 1 aromatic heterocycles. The first kappa shape index (κ1) is 25.6. The largest absolute Gasteiger partial charge is 0.497 e. The Morgan fingerprint density at radius 1 is 0.917 bits per heavy atom. The first-order chi connectivity index (χ1) is 17.2. The van der Waals surface area contributed by atoms with E-state index in [9.17, 15) is 14.4 Å². The maximum Gasteiger partial charge on any atom is 0.328 e. The summed E-state index contributed by atoms with van der Waals surface area (Å²) in [7, 11) is 1.56. The number of carbonyl (C=O) groups is 3. The number of rotatable bonds is 6. The van der Waals surface area contributed by atoms with E-state index in [4.69, 9.17) is 27.9 Å². The van der Waals surface area contributed by atoms with Crippen molar-refractivity contribution in [3.8, 4) is 5.75 Å². The average Bonchev–Trinajstić information content (AvgIpc) is 3.19. The molecule has 3 aromatic carbocycles. The number of nitrogens with one attached hydrogen (secondary N) is 3. The molecule has 1 heterocycles. The normalized spacial score (nSPS) is 10.7. The second-order valence-electron chi connectivity index (χ2n) is 7.65. The third-order valence-electron chi connectivity index (χ3n) is 5.15. The van der Waals surface area contributed by atoms with Crippen molar-refractivity contribution in [2.75, 3.05) is 17.9 Å². The molecule has 0 aliphatic rings. The summed E-state index contributed by atoms with van der Waals surface area (Å²) in [5.74, 6) is -1.67. The van der Waals surface area contributed by atoms with Crippen molar-refractivity contribution in [2.24, 2.45) is 0 Å². The second-order valence-corrected chi connectivity index (χ2v) is 9.44. The smallest absolute Gasteiger partial charge is 0.328 e. The molecule has 0 bridgehead atoms. The molecule has 3 N–H and O–H groups in total. The fraction of sp³-hybridized carbons (Fsp3) is 0.0800. The number of nitrogens with zero attached hydrogens (tertiary/aromatic N) is 1. The molecule has 0 saturated carbocycles. The minimum absolute atomic E-state index is 0.0931. The zero-order valence-electron chi connectivity index (χ0n) is 18.8. The number of anilines is 1. The quantitative estimate of drug-likeness (QED) is 0.264. The van der Waals surface area contributed by atoms with Gasteiger partial charge in [-0.15, -0.1) is 0 Å². The summed E-state index contributed by atoms with van der Waals surface area (Å²) >= 11 is 15.5. The van der Waals surface area contributed by atoms with Gasteiger partial charge in [0.2, 0.25) is 0 Å². The van der Waals surface area contributed by atoms with Crippen LogP contribution in [0, 0.1) is 0 Å². The average molecular weight is 590 g/mol. The van der Waals surface area contributed by atoms with Crippen molar-refractivity contribution in [1.82, 2.24) is 9.99 Å². The Hall–Kier alpha value is -3.53. The SMILES string of the molecule is COc1ccc(CNC(=O)C(=O)Nn2c(C(=O)Nc3cc(Cl)cc(Cl)c3)cc3cc(Br)ccc32)cc1. The van der Waals surface area contributed by atoms with Gasteiger partial charge >= 0.3 is 11.8 Å². The van der Waals surface area contributed by atoms with Crippen molar-refractivity contribution in [3.05, 3.63) is 92.5 Å². The van der Waals surface area contributed by atoms with Crippen LogP contribution in [0.1, 0.15) is 16.1 Å². The standard InChI is InChI=1S/C25H19BrCl2N4O4/c1-36-20-5-2-14(3-6-20)13-29-24(34)25(35)31-32-21-7-4-16(26)8-15(21)9-22(32)23(33)30-19-11-17(27)10-18(28)12-19/h2-12H,13H2,1H3,(H,29,34)(H,30,33)(H,31,35). The number of methoxy groups -OCH3 is 1. The lowest BCUT2D eigenvalue weighted by molar-refractivity contribution is -0.136. The molecule has 4 aromatic rings. The van der Waals surface area contributed by atoms with Gasteiger partial charge in [0.25, 0.3) is 5.91 Å². The molecular formula is C25H19BrCl2N4O4. The molecule has 184 valence electrons. The Morgan fingerprint density at radius 2 is 1.61 bits per heavy atom. The van der Waals surface area contributed by atoms with Gasteiger partial charge in [0.1, 0.15) is 11.4 Å². The van der Waals surface area contributed by atoms with Crippen LogP contribution in [0.15, 0.2) is 71.2 Å². The van der Waals surface area contributed by atoms with Gasteiger partial charge in [0, 0.05) is 32.1 Å². The first-order valence-corrected chi connectivity index (χ1v) is 12.1. The summed E-state index contributed by atoms with van der Waals surface area (Å²) in [6.07, 6.45) is 0. The Balaban J connectivity index is 1.55. The number of benzene rings is 3. The Kier molecular flexibility index (Phi) is 7.83. The highest BCUT2D eigenvalue weighted by Gasteiger charge is 2.21. The number of hydrogen-bond acceptors (Lipinski definition) is 4. The lowest BCUT2D eigenvalue weighted by Gasteiger charge is -2.13. The third-order valence-corrected chi connectivity index (χ3v) is 6.08. The maximum atomic E-state index is 13.1. The van der Waals surface area contributed by atoms with Crippen LogP contribution >= 0.6 is 39.1 Å². The van der Waals surface area contributed by atoms with Crippen LogP contribution < -0.4 is 20.8 Å². The summed E-state index contributed by atoms with van der Waals surface area (Å²) in [4.78, 5) is 38.4. The van der Waals surface area contributed by atoms with E-state index in [1.54, 1.807) is 67.8 Å². The summed E-state index contributed by atoms with van der Waals surface area (Å²) < 4.78 is 7.16. The van der Waals surface area contributed by atoms with Crippen molar-refractivity contribution >= 4 is 73.4 Å². The number of halogens is 3. The van der Waals surface area contributed by atoms with Gasteiger partial charge in [-0.1, -0.05) is 51.3 Å². The molecule has 11 heteroatoms. The van der Waals surface area contributed by atoms with Crippen LogP contribution in [-0.4, -0.2) is 29.5 Å². The number of aromatic nitrogens is 1. The number of carbonyl (C=O) groups excluding carboxylic acids is 3. The predicted octanol–water partition coefficient (Wildman–Crippen LogP) is 5.36. The highest BCUT2D eigenvalue weighted by molar-refractivity contribution is 9.10. The van der Waals surface area contributed by atoms with Gasteiger partial charge in [0.15, 0.2) is 0 Å². The highest BCUT2D eigenvalue weighted by Crippen LogP contribution is 2.26. The zero-order chi connectivity index (χ0) is 25.8. The van der Waals surface area contributed by atoms with E-state index in [1.165, 1.54) is 10.7 Å². The predicted molar refractivity (Wildman–Crippen MR) is 143 cm³/mol. The first-order valence-electron chi connectivity index (χ1n) is 10.5. The molecule has 0 unspecified atom stereocenters. The Labute approximate surface area is 224 Å². The van der Waals surface area contributed by atoms with Gasteiger partial charge in [-0.2, -0.15) is 0 Å². The minimum Gasteiger partial charge on any atom is -0.497 e. The topological polar surface area (TPSA) is 101 Å². The molecule has 36 heavy (non-hydrogen) atoms. The van der Waals surface area contributed by atoms with Gasteiger partial charge < -0.3 is 15.4 Å². The molecule has 0 fully saturated rings. The number of amides is 3. The van der Waals surface area contributed by atoms with E-state index in [1.807, 2.05) is 0 Å². The molecular weight excluding hydrogens is 571 g/mol. The van der Waals surface area contributed by atoms with Gasteiger partial charge in [0.05, 0.1) is 12.6 Å². The summed E-state index contributed by atoms with van der Waals surface area (Å²) in [5.41, 5.74) is 4.28. The van der Waals surface area contributed by atoms with Crippen molar-refractivity contribution < 1.29 is 19.1 Å². The van der Waals surface area contributed by atoms with Crippen LogP contribution in [0.4, 0.5) is 5.69 Å². The maximum absolute atomic E-state index is 13.1. The van der Waals surface area contributed by atoms with E-state index in [2.05, 4.69) is 32.0 Å². The molecule has 0 saturated heterocycles. The van der Waals surface area contributed by atoms with Crippen LogP contribution in [0.25, 0.3) is 10.9 Å². The van der Waals surface area contributed by atoms with Gasteiger partial charge in [-0.25, -0.2) is 4.68 Å². The Morgan fingerprint density at radius 3 is 2.28 bits per heavy atom. The number of ether oxygens (including phenoxy) is 1. The molecule has 0 aliphatic carbocycles. The van der Waals surface area contributed by atoms with Gasteiger partial charge in [-0.05, 0) is 60.2 Å². The number of fused-ring (bicyclic) bond motifs is 1. The Bertz CT molecular complexity index is 1450. The molecule has 0 atom stereocenters. The fourth-order valence-electron chi connectivity index (χ4n) is 3.45. The van der Waals surface area contributed by atoms with Crippen molar-refractivity contribution in [3.63, 3.8) is 0 Å². The van der Waals surface area contributed by atoms with E-state index < -0.39 is 17.7 Å². The molecule has 0 radical (unpaired) electrons. The zero-order valence-corrected chi connectivity index (χ0v) is 21.9. The number of hydrogen-bond donors (Lipinski definition) is 3. The molecule has 3 amide bonds. The van der Waals surface area contributed by atoms with Crippen LogP contribution in [-0.2, 0) is 16.1 Å². The summed E-state index contributed by atoms with van der Waals surface area (Å²) in [6.45, 7) is 0.137.